The highest BCUT2D eigenvalue weighted by atomic mass is 16.5. The maximum atomic E-state index is 5.83. The predicted molar refractivity (Wildman–Crippen MR) is 76.2 cm³/mol. The van der Waals surface area contributed by atoms with E-state index in [1.807, 2.05) is 34.2 Å². The van der Waals surface area contributed by atoms with Crippen LogP contribution in [0.4, 0.5) is 0 Å². The number of benzene rings is 1. The number of hydrogen-bond acceptors (Lipinski definition) is 2. The van der Waals surface area contributed by atoms with Crippen molar-refractivity contribution in [2.24, 2.45) is 0 Å². The molecule has 1 aromatic heterocycles. The summed E-state index contributed by atoms with van der Waals surface area (Å²) in [4.78, 5) is 4.13. The largest absolute Gasteiger partial charge is 0.494 e. The van der Waals surface area contributed by atoms with Gasteiger partial charge in [0.05, 0.1) is 6.61 Å². The molecule has 84 valence electrons. The van der Waals surface area contributed by atoms with E-state index in [1.165, 1.54) is 5.56 Å². The molecule has 0 atom stereocenters. The SMILES string of the molecule is Bc1cncc(B)c1OCCc1ccccc1. The van der Waals surface area contributed by atoms with E-state index in [0.717, 1.165) is 23.1 Å². The van der Waals surface area contributed by atoms with Gasteiger partial charge in [0.25, 0.3) is 0 Å². The van der Waals surface area contributed by atoms with Gasteiger partial charge in [0, 0.05) is 18.8 Å². The van der Waals surface area contributed by atoms with Crippen molar-refractivity contribution in [1.82, 2.24) is 4.98 Å². The second-order valence-corrected chi connectivity index (χ2v) is 4.19. The Morgan fingerprint density at radius 1 is 1.00 bits per heavy atom. The second-order valence-electron chi connectivity index (χ2n) is 4.19. The Labute approximate surface area is 104 Å². The van der Waals surface area contributed by atoms with E-state index < -0.39 is 0 Å². The van der Waals surface area contributed by atoms with Crippen LogP contribution in [0.1, 0.15) is 5.56 Å². The summed E-state index contributed by atoms with van der Waals surface area (Å²) in [5.74, 6) is 0.968. The summed E-state index contributed by atoms with van der Waals surface area (Å²) in [5.41, 5.74) is 3.49. The molecule has 0 amide bonds. The minimum absolute atomic E-state index is 0.704. The predicted octanol–water partition coefficient (Wildman–Crippen LogP) is -0.780. The Bertz CT molecular complexity index is 468. The fraction of sp³-hybridized carbons (Fsp3) is 0.154. The molecule has 0 aliphatic carbocycles. The maximum Gasteiger partial charge on any atom is 0.146 e. The number of ether oxygens (including phenoxy) is 1. The minimum Gasteiger partial charge on any atom is -0.494 e. The minimum atomic E-state index is 0.704. The van der Waals surface area contributed by atoms with Crippen molar-refractivity contribution in [2.45, 2.75) is 6.42 Å². The second kappa shape index (κ2) is 5.58. The standard InChI is InChI=1S/C13H15B2NO/c14-11-8-16-9-12(15)13(11)17-7-6-10-4-2-1-3-5-10/h1-5,8-9H,6-7,14-15H2. The lowest BCUT2D eigenvalue weighted by molar-refractivity contribution is 0.327. The van der Waals surface area contributed by atoms with Gasteiger partial charge < -0.3 is 4.74 Å². The van der Waals surface area contributed by atoms with Crippen LogP contribution in [0.3, 0.4) is 0 Å². The summed E-state index contributed by atoms with van der Waals surface area (Å²) in [7, 11) is 4.05. The first-order chi connectivity index (χ1) is 8.27. The van der Waals surface area contributed by atoms with Gasteiger partial charge in [0.2, 0.25) is 0 Å². The molecule has 1 aromatic carbocycles. The third-order valence-electron chi connectivity index (χ3n) is 2.73. The molecule has 2 nitrogen and oxygen atoms in total. The van der Waals surface area contributed by atoms with Gasteiger partial charge >= 0.3 is 0 Å². The molecular formula is C13H15B2NO. The van der Waals surface area contributed by atoms with Gasteiger partial charge in [0.15, 0.2) is 0 Å². The highest BCUT2D eigenvalue weighted by molar-refractivity contribution is 6.40. The van der Waals surface area contributed by atoms with E-state index in [1.54, 1.807) is 0 Å². The molecule has 0 bridgehead atoms. The van der Waals surface area contributed by atoms with Crippen LogP contribution >= 0.6 is 0 Å². The van der Waals surface area contributed by atoms with E-state index in [2.05, 4.69) is 29.2 Å². The van der Waals surface area contributed by atoms with Crippen molar-refractivity contribution in [1.29, 1.82) is 0 Å². The molecule has 0 aliphatic rings. The maximum absolute atomic E-state index is 5.83. The highest BCUT2D eigenvalue weighted by Crippen LogP contribution is 2.03. The molecule has 0 radical (unpaired) electrons. The molecule has 4 heteroatoms. The highest BCUT2D eigenvalue weighted by Gasteiger charge is 2.03. The van der Waals surface area contributed by atoms with Crippen LogP contribution in [-0.2, 0) is 6.42 Å². The molecule has 0 unspecified atom stereocenters. The quantitative estimate of drug-likeness (QED) is 0.634. The van der Waals surface area contributed by atoms with E-state index >= 15 is 0 Å². The molecule has 2 aromatic rings. The van der Waals surface area contributed by atoms with Gasteiger partial charge in [-0.05, 0) is 16.5 Å². The smallest absolute Gasteiger partial charge is 0.146 e. The fourth-order valence-electron chi connectivity index (χ4n) is 1.83. The lowest BCUT2D eigenvalue weighted by Crippen LogP contribution is -2.22. The van der Waals surface area contributed by atoms with Crippen molar-refractivity contribution < 1.29 is 4.74 Å². The average Bonchev–Trinajstić information content (AvgIpc) is 2.34. The van der Waals surface area contributed by atoms with E-state index in [9.17, 15) is 0 Å². The van der Waals surface area contributed by atoms with Crippen LogP contribution in [0.15, 0.2) is 42.7 Å². The van der Waals surface area contributed by atoms with Crippen LogP contribution < -0.4 is 15.7 Å². The summed E-state index contributed by atoms with van der Waals surface area (Å²) in [5, 5.41) is 0. The Morgan fingerprint density at radius 3 is 2.29 bits per heavy atom. The van der Waals surface area contributed by atoms with Gasteiger partial charge in [-0.1, -0.05) is 30.3 Å². The van der Waals surface area contributed by atoms with E-state index in [-0.39, 0.29) is 0 Å². The van der Waals surface area contributed by atoms with Crippen molar-refractivity contribution in [2.75, 3.05) is 6.61 Å². The molecule has 0 spiro atoms. The van der Waals surface area contributed by atoms with Crippen molar-refractivity contribution in [3.8, 4) is 5.75 Å². The molecule has 17 heavy (non-hydrogen) atoms. The van der Waals surface area contributed by atoms with Gasteiger partial charge in [-0.25, -0.2) is 0 Å². The summed E-state index contributed by atoms with van der Waals surface area (Å²) in [6.45, 7) is 0.704. The molecule has 1 heterocycles. The Kier molecular flexibility index (Phi) is 3.86. The first kappa shape index (κ1) is 11.8. The molecule has 0 fully saturated rings. The first-order valence-corrected chi connectivity index (χ1v) is 5.85. The summed E-state index contributed by atoms with van der Waals surface area (Å²) >= 11 is 0. The van der Waals surface area contributed by atoms with Crippen molar-refractivity contribution in [3.63, 3.8) is 0 Å². The zero-order chi connectivity index (χ0) is 12.1. The molecule has 2 rings (SSSR count). The topological polar surface area (TPSA) is 22.1 Å². The molecule has 0 saturated carbocycles. The number of aromatic nitrogens is 1. The van der Waals surface area contributed by atoms with Gasteiger partial charge in [0.1, 0.15) is 21.4 Å². The summed E-state index contributed by atoms with van der Waals surface area (Å²) in [6, 6.07) is 10.4. The van der Waals surface area contributed by atoms with Crippen molar-refractivity contribution >= 4 is 26.6 Å². The summed E-state index contributed by atoms with van der Waals surface area (Å²) < 4.78 is 5.83. The van der Waals surface area contributed by atoms with Crippen LogP contribution in [0.2, 0.25) is 0 Å². The van der Waals surface area contributed by atoms with Gasteiger partial charge in [-0.3, -0.25) is 4.98 Å². The number of pyridine rings is 1. The van der Waals surface area contributed by atoms with Gasteiger partial charge in [-0.15, -0.1) is 0 Å². The van der Waals surface area contributed by atoms with E-state index in [0.29, 0.717) is 6.61 Å². The van der Waals surface area contributed by atoms with Crippen LogP contribution in [0.25, 0.3) is 0 Å². The summed E-state index contributed by atoms with van der Waals surface area (Å²) in [6.07, 6.45) is 4.61. The average molecular weight is 223 g/mol. The van der Waals surface area contributed by atoms with Gasteiger partial charge in [-0.2, -0.15) is 0 Å². The Balaban J connectivity index is 1.95. The fourth-order valence-corrected chi connectivity index (χ4v) is 1.83. The lowest BCUT2D eigenvalue weighted by Gasteiger charge is -2.11. The van der Waals surface area contributed by atoms with E-state index in [4.69, 9.17) is 4.74 Å². The zero-order valence-corrected chi connectivity index (χ0v) is 10.3. The number of rotatable bonds is 4. The Hall–Kier alpha value is -1.70. The van der Waals surface area contributed by atoms with Crippen molar-refractivity contribution in [3.05, 3.63) is 48.3 Å². The zero-order valence-electron chi connectivity index (χ0n) is 10.3. The third-order valence-corrected chi connectivity index (χ3v) is 2.73. The monoisotopic (exact) mass is 223 g/mol. The number of hydrogen-bond donors (Lipinski definition) is 0. The lowest BCUT2D eigenvalue weighted by atomic mass is 9.88. The van der Waals surface area contributed by atoms with Crippen LogP contribution in [0.5, 0.6) is 5.75 Å². The number of nitrogens with zero attached hydrogens (tertiary/aromatic N) is 1. The van der Waals surface area contributed by atoms with Crippen LogP contribution in [0, 0.1) is 0 Å². The van der Waals surface area contributed by atoms with Crippen LogP contribution in [-0.4, -0.2) is 27.3 Å². The molecular weight excluding hydrogens is 208 g/mol. The third kappa shape index (κ3) is 3.13. The normalized spacial score (nSPS) is 10.1. The Morgan fingerprint density at radius 2 is 1.65 bits per heavy atom. The molecule has 0 saturated heterocycles. The first-order valence-electron chi connectivity index (χ1n) is 5.85. The molecule has 0 N–H and O–H groups in total. The molecule has 0 aliphatic heterocycles.